The summed E-state index contributed by atoms with van der Waals surface area (Å²) in [6.07, 6.45) is -3.23. The van der Waals surface area contributed by atoms with Gasteiger partial charge >= 0.3 is 6.18 Å². The fourth-order valence-electron chi connectivity index (χ4n) is 2.76. The van der Waals surface area contributed by atoms with E-state index in [9.17, 15) is 22.8 Å². The van der Waals surface area contributed by atoms with Gasteiger partial charge in [-0.15, -0.1) is 0 Å². The Morgan fingerprint density at radius 2 is 2.08 bits per heavy atom. The van der Waals surface area contributed by atoms with Crippen LogP contribution in [-0.4, -0.2) is 17.9 Å². The first-order chi connectivity index (χ1) is 11.2. The molecule has 2 rings (SSSR count). The molecule has 4 nitrogen and oxygen atoms in total. The Morgan fingerprint density at radius 3 is 2.62 bits per heavy atom. The molecule has 2 N–H and O–H groups in total. The second-order valence-electron chi connectivity index (χ2n) is 6.47. The first kappa shape index (κ1) is 18.3. The average molecular weight is 342 g/mol. The SMILES string of the molecule is CC(C)CC(NC(=O)C1CCC(=O)N1)c1cccc(C(F)(F)F)c1. The van der Waals surface area contributed by atoms with Gasteiger partial charge in [0.25, 0.3) is 0 Å². The van der Waals surface area contributed by atoms with Gasteiger partial charge in [-0.25, -0.2) is 0 Å². The molecule has 1 aromatic rings. The molecule has 2 atom stereocenters. The van der Waals surface area contributed by atoms with Crippen LogP contribution in [0.4, 0.5) is 13.2 Å². The number of hydrogen-bond acceptors (Lipinski definition) is 2. The summed E-state index contributed by atoms with van der Waals surface area (Å²) in [5.74, 6) is -0.360. The van der Waals surface area contributed by atoms with Gasteiger partial charge in [0.2, 0.25) is 11.8 Å². The molecule has 24 heavy (non-hydrogen) atoms. The van der Waals surface area contributed by atoms with Crippen molar-refractivity contribution < 1.29 is 22.8 Å². The molecule has 2 unspecified atom stereocenters. The normalized spacial score (nSPS) is 19.2. The smallest absolute Gasteiger partial charge is 0.348 e. The summed E-state index contributed by atoms with van der Waals surface area (Å²) in [5, 5.41) is 5.35. The van der Waals surface area contributed by atoms with E-state index < -0.39 is 23.8 Å². The number of carbonyl (C=O) groups excluding carboxylic acids is 2. The fraction of sp³-hybridized carbons (Fsp3) is 0.529. The lowest BCUT2D eigenvalue weighted by Crippen LogP contribution is -2.43. The molecule has 0 bridgehead atoms. The van der Waals surface area contributed by atoms with E-state index in [0.717, 1.165) is 12.1 Å². The van der Waals surface area contributed by atoms with Gasteiger partial charge in [-0.2, -0.15) is 13.2 Å². The van der Waals surface area contributed by atoms with Crippen LogP contribution in [0, 0.1) is 5.92 Å². The molecule has 1 heterocycles. The quantitative estimate of drug-likeness (QED) is 0.863. The first-order valence-electron chi connectivity index (χ1n) is 7.93. The summed E-state index contributed by atoms with van der Waals surface area (Å²) < 4.78 is 38.7. The summed E-state index contributed by atoms with van der Waals surface area (Å²) in [6, 6.07) is 3.86. The summed E-state index contributed by atoms with van der Waals surface area (Å²) >= 11 is 0. The molecular formula is C17H21F3N2O2. The highest BCUT2D eigenvalue weighted by Gasteiger charge is 2.32. The molecule has 0 saturated carbocycles. The second-order valence-corrected chi connectivity index (χ2v) is 6.47. The number of carbonyl (C=O) groups is 2. The molecule has 132 valence electrons. The number of rotatable bonds is 5. The third-order valence-corrected chi connectivity index (χ3v) is 3.95. The van der Waals surface area contributed by atoms with Gasteiger partial charge in [-0.3, -0.25) is 9.59 Å². The zero-order valence-electron chi connectivity index (χ0n) is 13.6. The Balaban J connectivity index is 2.19. The molecule has 1 fully saturated rings. The van der Waals surface area contributed by atoms with Gasteiger partial charge in [0.1, 0.15) is 6.04 Å². The van der Waals surface area contributed by atoms with Crippen molar-refractivity contribution in [3.05, 3.63) is 35.4 Å². The van der Waals surface area contributed by atoms with E-state index >= 15 is 0 Å². The highest BCUT2D eigenvalue weighted by Crippen LogP contribution is 2.32. The molecule has 7 heteroatoms. The van der Waals surface area contributed by atoms with Gasteiger partial charge in [-0.05, 0) is 36.5 Å². The van der Waals surface area contributed by atoms with Crippen LogP contribution in [0.25, 0.3) is 0 Å². The van der Waals surface area contributed by atoms with Crippen molar-refractivity contribution in [2.75, 3.05) is 0 Å². The monoisotopic (exact) mass is 342 g/mol. The Hall–Kier alpha value is -2.05. The Labute approximate surface area is 138 Å². The van der Waals surface area contributed by atoms with E-state index in [1.807, 2.05) is 13.8 Å². The van der Waals surface area contributed by atoms with Crippen molar-refractivity contribution in [2.45, 2.75) is 51.4 Å². The van der Waals surface area contributed by atoms with E-state index in [2.05, 4.69) is 10.6 Å². The maximum atomic E-state index is 12.9. The topological polar surface area (TPSA) is 58.2 Å². The number of hydrogen-bond donors (Lipinski definition) is 2. The lowest BCUT2D eigenvalue weighted by molar-refractivity contribution is -0.137. The Kier molecular flexibility index (Phi) is 5.51. The molecule has 1 aliphatic heterocycles. The highest BCUT2D eigenvalue weighted by molar-refractivity contribution is 5.90. The maximum absolute atomic E-state index is 12.9. The molecule has 1 aliphatic rings. The fourth-order valence-corrected chi connectivity index (χ4v) is 2.76. The van der Waals surface area contributed by atoms with Crippen molar-refractivity contribution in [3.8, 4) is 0 Å². The standard InChI is InChI=1S/C17H21F3N2O2/c1-10(2)8-14(22-16(24)13-6-7-15(23)21-13)11-4-3-5-12(9-11)17(18,19)20/h3-5,9-10,13-14H,6-8H2,1-2H3,(H,21,23)(H,22,24). The minimum Gasteiger partial charge on any atom is -0.348 e. The minimum atomic E-state index is -4.43. The molecular weight excluding hydrogens is 321 g/mol. The predicted molar refractivity (Wildman–Crippen MR) is 82.9 cm³/mol. The van der Waals surface area contributed by atoms with E-state index in [4.69, 9.17) is 0 Å². The molecule has 0 aromatic heterocycles. The van der Waals surface area contributed by atoms with Gasteiger partial charge in [0.15, 0.2) is 0 Å². The van der Waals surface area contributed by atoms with Gasteiger partial charge in [0.05, 0.1) is 11.6 Å². The van der Waals surface area contributed by atoms with Crippen molar-refractivity contribution in [1.29, 1.82) is 0 Å². The number of alkyl halides is 3. The van der Waals surface area contributed by atoms with Gasteiger partial charge < -0.3 is 10.6 Å². The first-order valence-corrected chi connectivity index (χ1v) is 7.93. The van der Waals surface area contributed by atoms with Crippen molar-refractivity contribution in [3.63, 3.8) is 0 Å². The van der Waals surface area contributed by atoms with E-state index in [0.29, 0.717) is 18.4 Å². The number of nitrogens with one attached hydrogen (secondary N) is 2. The Bertz CT molecular complexity index is 614. The van der Waals surface area contributed by atoms with Crippen LogP contribution in [0.15, 0.2) is 24.3 Å². The van der Waals surface area contributed by atoms with E-state index in [-0.39, 0.29) is 24.2 Å². The van der Waals surface area contributed by atoms with Crippen LogP contribution >= 0.6 is 0 Å². The molecule has 1 aromatic carbocycles. The van der Waals surface area contributed by atoms with Crippen LogP contribution in [0.1, 0.15) is 50.3 Å². The lowest BCUT2D eigenvalue weighted by atomic mass is 9.95. The maximum Gasteiger partial charge on any atom is 0.416 e. The van der Waals surface area contributed by atoms with Crippen molar-refractivity contribution >= 4 is 11.8 Å². The highest BCUT2D eigenvalue weighted by atomic mass is 19.4. The van der Waals surface area contributed by atoms with Crippen molar-refractivity contribution in [1.82, 2.24) is 10.6 Å². The summed E-state index contributed by atoms with van der Waals surface area (Å²) in [4.78, 5) is 23.5. The third kappa shape index (κ3) is 4.72. The minimum absolute atomic E-state index is 0.183. The van der Waals surface area contributed by atoms with Crippen LogP contribution < -0.4 is 10.6 Å². The molecule has 0 spiro atoms. The molecule has 0 aliphatic carbocycles. The third-order valence-electron chi connectivity index (χ3n) is 3.95. The van der Waals surface area contributed by atoms with Crippen LogP contribution in [0.5, 0.6) is 0 Å². The van der Waals surface area contributed by atoms with Crippen molar-refractivity contribution in [2.24, 2.45) is 5.92 Å². The molecule has 2 amide bonds. The number of halogens is 3. The summed E-state index contributed by atoms with van der Waals surface area (Å²) in [5.41, 5.74) is -0.326. The zero-order valence-corrected chi connectivity index (χ0v) is 13.6. The van der Waals surface area contributed by atoms with Crippen LogP contribution in [0.3, 0.4) is 0 Å². The molecule has 0 radical (unpaired) electrons. The largest absolute Gasteiger partial charge is 0.416 e. The van der Waals surface area contributed by atoms with Gasteiger partial charge in [-0.1, -0.05) is 26.0 Å². The second kappa shape index (κ2) is 7.23. The number of benzene rings is 1. The average Bonchev–Trinajstić information content (AvgIpc) is 2.92. The zero-order chi connectivity index (χ0) is 17.9. The summed E-state index contributed by atoms with van der Waals surface area (Å²) in [7, 11) is 0. The summed E-state index contributed by atoms with van der Waals surface area (Å²) in [6.45, 7) is 3.87. The van der Waals surface area contributed by atoms with E-state index in [1.165, 1.54) is 6.07 Å². The lowest BCUT2D eigenvalue weighted by Gasteiger charge is -2.23. The van der Waals surface area contributed by atoms with Crippen LogP contribution in [-0.2, 0) is 15.8 Å². The Morgan fingerprint density at radius 1 is 1.38 bits per heavy atom. The number of amides is 2. The molecule has 1 saturated heterocycles. The van der Waals surface area contributed by atoms with E-state index in [1.54, 1.807) is 6.07 Å². The predicted octanol–water partition coefficient (Wildman–Crippen LogP) is 3.19. The van der Waals surface area contributed by atoms with Crippen LogP contribution in [0.2, 0.25) is 0 Å². The van der Waals surface area contributed by atoms with Gasteiger partial charge in [0, 0.05) is 6.42 Å².